The molecule has 0 heterocycles. The van der Waals surface area contributed by atoms with Gasteiger partial charge in [-0.3, -0.25) is 4.79 Å². The summed E-state index contributed by atoms with van der Waals surface area (Å²) >= 11 is 0. The highest BCUT2D eigenvalue weighted by atomic mass is 19.1. The fourth-order valence-corrected chi connectivity index (χ4v) is 2.50. The van der Waals surface area contributed by atoms with Gasteiger partial charge in [0.1, 0.15) is 11.6 Å². The summed E-state index contributed by atoms with van der Waals surface area (Å²) in [4.78, 5) is 12.1. The first kappa shape index (κ1) is 14.4. The number of hydrogen-bond donors (Lipinski definition) is 0. The predicted molar refractivity (Wildman–Crippen MR) is 79.5 cm³/mol. The molecule has 0 saturated heterocycles. The minimum Gasteiger partial charge on any atom is -0.299 e. The van der Waals surface area contributed by atoms with Crippen molar-refractivity contribution in [2.24, 2.45) is 0 Å². The maximum absolute atomic E-state index is 13.2. The van der Waals surface area contributed by atoms with Crippen molar-refractivity contribution in [1.29, 1.82) is 0 Å². The SMILES string of the molecule is Cc1cc(C)cc(CC(=O)Cc2cc(F)ccc2C)c1. The molecule has 0 atom stereocenters. The van der Waals surface area contributed by atoms with Gasteiger partial charge in [0, 0.05) is 12.8 Å². The molecular formula is C18H19FO. The molecule has 0 aliphatic rings. The van der Waals surface area contributed by atoms with Crippen LogP contribution in [-0.2, 0) is 17.6 Å². The van der Waals surface area contributed by atoms with Gasteiger partial charge in [-0.25, -0.2) is 4.39 Å². The Balaban J connectivity index is 2.11. The lowest BCUT2D eigenvalue weighted by molar-refractivity contribution is -0.117. The van der Waals surface area contributed by atoms with Gasteiger partial charge in [0.25, 0.3) is 0 Å². The Kier molecular flexibility index (Phi) is 4.33. The van der Waals surface area contributed by atoms with E-state index in [0.717, 1.165) is 27.8 Å². The lowest BCUT2D eigenvalue weighted by atomic mass is 9.98. The molecule has 1 nitrogen and oxygen atoms in total. The van der Waals surface area contributed by atoms with E-state index in [9.17, 15) is 9.18 Å². The van der Waals surface area contributed by atoms with Gasteiger partial charge in [-0.2, -0.15) is 0 Å². The molecule has 2 heteroatoms. The number of carbonyl (C=O) groups is 1. The normalized spacial score (nSPS) is 10.6. The molecule has 0 radical (unpaired) electrons. The summed E-state index contributed by atoms with van der Waals surface area (Å²) in [5, 5.41) is 0. The van der Waals surface area contributed by atoms with Crippen LogP contribution in [0.5, 0.6) is 0 Å². The number of rotatable bonds is 4. The van der Waals surface area contributed by atoms with Crippen molar-refractivity contribution in [3.05, 3.63) is 70.0 Å². The molecule has 0 aromatic heterocycles. The van der Waals surface area contributed by atoms with Crippen molar-refractivity contribution in [1.82, 2.24) is 0 Å². The summed E-state index contributed by atoms with van der Waals surface area (Å²) in [6, 6.07) is 10.7. The Morgan fingerprint density at radius 2 is 1.60 bits per heavy atom. The van der Waals surface area contributed by atoms with Crippen LogP contribution < -0.4 is 0 Å². The Labute approximate surface area is 119 Å². The molecule has 0 unspecified atom stereocenters. The summed E-state index contributed by atoms with van der Waals surface area (Å²) in [5.74, 6) is -0.173. The van der Waals surface area contributed by atoms with Crippen LogP contribution in [0.1, 0.15) is 27.8 Å². The highest BCUT2D eigenvalue weighted by molar-refractivity contribution is 5.83. The first-order valence-electron chi connectivity index (χ1n) is 6.78. The molecule has 0 saturated carbocycles. The number of carbonyl (C=O) groups excluding carboxylic acids is 1. The monoisotopic (exact) mass is 270 g/mol. The Hall–Kier alpha value is -1.96. The van der Waals surface area contributed by atoms with E-state index < -0.39 is 0 Å². The summed E-state index contributed by atoms with van der Waals surface area (Å²) in [6.07, 6.45) is 0.690. The second-order valence-corrected chi connectivity index (χ2v) is 5.46. The standard InChI is InChI=1S/C18H19FO/c1-12-6-13(2)8-15(7-12)9-18(20)11-16-10-17(19)5-4-14(16)3/h4-8,10H,9,11H2,1-3H3. The maximum atomic E-state index is 13.2. The van der Waals surface area contributed by atoms with Crippen LogP contribution in [0.2, 0.25) is 0 Å². The van der Waals surface area contributed by atoms with E-state index in [1.807, 2.05) is 32.9 Å². The highest BCUT2D eigenvalue weighted by Crippen LogP contribution is 2.14. The minimum absolute atomic E-state index is 0.115. The number of halogens is 1. The molecule has 2 aromatic rings. The van der Waals surface area contributed by atoms with Gasteiger partial charge in [-0.1, -0.05) is 35.4 Å². The minimum atomic E-state index is -0.287. The molecular weight excluding hydrogens is 251 g/mol. The van der Waals surface area contributed by atoms with Crippen molar-refractivity contribution >= 4 is 5.78 Å². The Morgan fingerprint density at radius 3 is 2.25 bits per heavy atom. The van der Waals surface area contributed by atoms with E-state index in [-0.39, 0.29) is 18.0 Å². The van der Waals surface area contributed by atoms with Gasteiger partial charge in [0.15, 0.2) is 0 Å². The van der Waals surface area contributed by atoms with Crippen LogP contribution in [-0.4, -0.2) is 5.78 Å². The summed E-state index contributed by atoms with van der Waals surface area (Å²) in [5.41, 5.74) is 5.09. The van der Waals surface area contributed by atoms with Crippen molar-refractivity contribution in [2.45, 2.75) is 33.6 Å². The van der Waals surface area contributed by atoms with E-state index in [4.69, 9.17) is 0 Å². The van der Waals surface area contributed by atoms with Gasteiger partial charge in [-0.15, -0.1) is 0 Å². The Morgan fingerprint density at radius 1 is 0.950 bits per heavy atom. The fourth-order valence-electron chi connectivity index (χ4n) is 2.50. The van der Waals surface area contributed by atoms with Crippen molar-refractivity contribution in [3.63, 3.8) is 0 Å². The average Bonchev–Trinajstić information content (AvgIpc) is 2.32. The molecule has 2 aromatic carbocycles. The van der Waals surface area contributed by atoms with Crippen LogP contribution in [0.3, 0.4) is 0 Å². The zero-order valence-electron chi connectivity index (χ0n) is 12.2. The first-order chi connectivity index (χ1) is 9.44. The smallest absolute Gasteiger partial charge is 0.141 e. The molecule has 0 aliphatic carbocycles. The van der Waals surface area contributed by atoms with Crippen LogP contribution in [0.4, 0.5) is 4.39 Å². The highest BCUT2D eigenvalue weighted by Gasteiger charge is 2.09. The zero-order valence-corrected chi connectivity index (χ0v) is 12.2. The number of hydrogen-bond acceptors (Lipinski definition) is 1. The average molecular weight is 270 g/mol. The molecule has 0 aliphatic heterocycles. The van der Waals surface area contributed by atoms with Crippen molar-refractivity contribution in [3.8, 4) is 0 Å². The van der Waals surface area contributed by atoms with Crippen molar-refractivity contribution in [2.75, 3.05) is 0 Å². The molecule has 0 N–H and O–H groups in total. The van der Waals surface area contributed by atoms with E-state index >= 15 is 0 Å². The lowest BCUT2D eigenvalue weighted by Gasteiger charge is -2.07. The van der Waals surface area contributed by atoms with E-state index in [2.05, 4.69) is 6.07 Å². The Bertz CT molecular complexity index is 624. The topological polar surface area (TPSA) is 17.1 Å². The van der Waals surface area contributed by atoms with E-state index in [1.54, 1.807) is 6.07 Å². The second-order valence-electron chi connectivity index (χ2n) is 5.46. The van der Waals surface area contributed by atoms with Crippen LogP contribution in [0.15, 0.2) is 36.4 Å². The molecule has 2 rings (SSSR count). The van der Waals surface area contributed by atoms with Gasteiger partial charge >= 0.3 is 0 Å². The van der Waals surface area contributed by atoms with Crippen LogP contribution in [0, 0.1) is 26.6 Å². The zero-order chi connectivity index (χ0) is 14.7. The predicted octanol–water partition coefficient (Wildman–Crippen LogP) is 4.11. The summed E-state index contributed by atoms with van der Waals surface area (Å²) in [6.45, 7) is 5.95. The maximum Gasteiger partial charge on any atom is 0.141 e. The third-order valence-electron chi connectivity index (χ3n) is 3.38. The molecule has 104 valence electrons. The van der Waals surface area contributed by atoms with Crippen LogP contribution >= 0.6 is 0 Å². The van der Waals surface area contributed by atoms with E-state index in [0.29, 0.717) is 6.42 Å². The molecule has 20 heavy (non-hydrogen) atoms. The molecule has 0 spiro atoms. The third kappa shape index (κ3) is 3.77. The van der Waals surface area contributed by atoms with Crippen LogP contribution in [0.25, 0.3) is 0 Å². The van der Waals surface area contributed by atoms with Gasteiger partial charge in [-0.05, 0) is 49.6 Å². The quantitative estimate of drug-likeness (QED) is 0.817. The summed E-state index contributed by atoms with van der Waals surface area (Å²) in [7, 11) is 0. The van der Waals surface area contributed by atoms with Gasteiger partial charge in [0.05, 0.1) is 0 Å². The summed E-state index contributed by atoms with van der Waals surface area (Å²) < 4.78 is 13.2. The van der Waals surface area contributed by atoms with E-state index in [1.165, 1.54) is 12.1 Å². The number of ketones is 1. The molecule has 0 fully saturated rings. The molecule has 0 bridgehead atoms. The number of aryl methyl sites for hydroxylation is 3. The second kappa shape index (κ2) is 6.00. The number of benzene rings is 2. The van der Waals surface area contributed by atoms with Crippen molar-refractivity contribution < 1.29 is 9.18 Å². The number of Topliss-reactive ketones (excluding diaryl/α,β-unsaturated/α-hetero) is 1. The van der Waals surface area contributed by atoms with Gasteiger partial charge < -0.3 is 0 Å². The third-order valence-corrected chi connectivity index (χ3v) is 3.38. The first-order valence-corrected chi connectivity index (χ1v) is 6.78. The molecule has 0 amide bonds. The largest absolute Gasteiger partial charge is 0.299 e. The fraction of sp³-hybridized carbons (Fsp3) is 0.278. The lowest BCUT2D eigenvalue weighted by Crippen LogP contribution is -2.08. The van der Waals surface area contributed by atoms with Gasteiger partial charge in [0.2, 0.25) is 0 Å².